The predicted molar refractivity (Wildman–Crippen MR) is 138 cm³/mol. The summed E-state index contributed by atoms with van der Waals surface area (Å²) >= 11 is 0. The first-order valence-corrected chi connectivity index (χ1v) is 17.3. The van der Waals surface area contributed by atoms with Gasteiger partial charge in [0.1, 0.15) is 5.82 Å². The van der Waals surface area contributed by atoms with Gasteiger partial charge < -0.3 is 25.6 Å². The second-order valence-corrected chi connectivity index (χ2v) is 21.8. The Labute approximate surface area is 192 Å². The number of aromatic nitrogens is 1. The molecule has 8 heteroatoms. The molecule has 6 nitrogen and oxygen atoms in total. The fourth-order valence-electron chi connectivity index (χ4n) is 3.45. The van der Waals surface area contributed by atoms with Crippen molar-refractivity contribution in [2.24, 2.45) is 5.92 Å². The van der Waals surface area contributed by atoms with Crippen molar-refractivity contribution in [2.45, 2.75) is 103 Å². The predicted octanol–water partition coefficient (Wildman–Crippen LogP) is 5.85. The zero-order valence-corrected chi connectivity index (χ0v) is 23.4. The lowest BCUT2D eigenvalue weighted by atomic mass is 10.1. The van der Waals surface area contributed by atoms with Crippen LogP contribution < -0.4 is 16.8 Å². The van der Waals surface area contributed by atoms with E-state index in [1.54, 1.807) is 6.20 Å². The summed E-state index contributed by atoms with van der Waals surface area (Å²) in [6, 6.07) is 2.17. The molecule has 3 atom stereocenters. The second kappa shape index (κ2) is 9.04. The number of nitrogens with two attached hydrogens (primary N) is 2. The summed E-state index contributed by atoms with van der Waals surface area (Å²) in [6.07, 6.45) is 3.82. The summed E-state index contributed by atoms with van der Waals surface area (Å²) in [7, 11) is -3.71. The molecule has 1 aliphatic rings. The summed E-state index contributed by atoms with van der Waals surface area (Å²) < 4.78 is 13.6. The van der Waals surface area contributed by atoms with Crippen LogP contribution in [0, 0.1) is 5.92 Å². The van der Waals surface area contributed by atoms with E-state index in [1.165, 1.54) is 0 Å². The lowest BCUT2D eigenvalue weighted by Crippen LogP contribution is -2.46. The molecule has 1 saturated carbocycles. The quantitative estimate of drug-likeness (QED) is 0.436. The van der Waals surface area contributed by atoms with Crippen molar-refractivity contribution in [3.63, 3.8) is 0 Å². The molecule has 1 aromatic rings. The normalized spacial score (nSPS) is 23.2. The Morgan fingerprint density at radius 1 is 1.00 bits per heavy atom. The van der Waals surface area contributed by atoms with Gasteiger partial charge in [-0.15, -0.1) is 0 Å². The highest BCUT2D eigenvalue weighted by Crippen LogP contribution is 2.43. The van der Waals surface area contributed by atoms with Crippen LogP contribution in [0.2, 0.25) is 36.3 Å². The molecule has 0 unspecified atom stereocenters. The van der Waals surface area contributed by atoms with Gasteiger partial charge in [0.2, 0.25) is 0 Å². The highest BCUT2D eigenvalue weighted by Gasteiger charge is 2.45. The maximum atomic E-state index is 6.91. The lowest BCUT2D eigenvalue weighted by molar-refractivity contribution is 0.101. The molecule has 31 heavy (non-hydrogen) atoms. The van der Waals surface area contributed by atoms with E-state index in [4.69, 9.17) is 20.3 Å². The van der Waals surface area contributed by atoms with Crippen LogP contribution >= 0.6 is 0 Å². The van der Waals surface area contributed by atoms with E-state index >= 15 is 0 Å². The Bertz CT molecular complexity index is 757. The van der Waals surface area contributed by atoms with Crippen molar-refractivity contribution in [3.05, 3.63) is 12.3 Å². The zero-order valence-electron chi connectivity index (χ0n) is 21.4. The van der Waals surface area contributed by atoms with Crippen LogP contribution in [0.1, 0.15) is 54.4 Å². The van der Waals surface area contributed by atoms with Crippen LogP contribution in [0.5, 0.6) is 0 Å². The van der Waals surface area contributed by atoms with Crippen LogP contribution in [0.15, 0.2) is 12.3 Å². The van der Waals surface area contributed by atoms with Gasteiger partial charge in [-0.3, -0.25) is 0 Å². The molecule has 1 aromatic heterocycles. The number of nitrogens with zero attached hydrogens (tertiary/aromatic N) is 1. The van der Waals surface area contributed by atoms with Gasteiger partial charge in [-0.25, -0.2) is 4.98 Å². The van der Waals surface area contributed by atoms with Gasteiger partial charge in [0.25, 0.3) is 0 Å². The van der Waals surface area contributed by atoms with Crippen molar-refractivity contribution in [3.8, 4) is 0 Å². The number of hydrogen-bond donors (Lipinski definition) is 3. The molecule has 0 radical (unpaired) electrons. The molecule has 5 N–H and O–H groups in total. The molecule has 2 rings (SSSR count). The van der Waals surface area contributed by atoms with Crippen molar-refractivity contribution < 1.29 is 8.85 Å². The molecule has 0 amide bonds. The van der Waals surface area contributed by atoms with E-state index in [-0.39, 0.29) is 22.2 Å². The number of rotatable bonds is 7. The van der Waals surface area contributed by atoms with E-state index in [0.717, 1.165) is 25.1 Å². The smallest absolute Gasteiger partial charge is 0.192 e. The van der Waals surface area contributed by atoms with Crippen molar-refractivity contribution in [2.75, 3.05) is 23.4 Å². The zero-order chi connectivity index (χ0) is 23.8. The molecule has 0 aromatic carbocycles. The van der Waals surface area contributed by atoms with Gasteiger partial charge in [0.15, 0.2) is 16.6 Å². The Morgan fingerprint density at radius 2 is 1.58 bits per heavy atom. The molecule has 0 spiro atoms. The fraction of sp³-hybridized carbons (Fsp3) is 0.783. The summed E-state index contributed by atoms with van der Waals surface area (Å²) in [5.41, 5.74) is 13.4. The summed E-state index contributed by atoms with van der Waals surface area (Å²) in [5, 5.41) is 3.98. The largest absolute Gasteiger partial charge is 0.416 e. The average molecular weight is 467 g/mol. The third-order valence-electron chi connectivity index (χ3n) is 7.73. The molecule has 1 heterocycles. The number of nitrogen functional groups attached to an aromatic ring is 2. The molecular formula is C23H46N4O2Si2. The Hall–Kier alpha value is -1.10. The van der Waals surface area contributed by atoms with E-state index in [1.807, 2.05) is 6.07 Å². The number of hydrogen-bond acceptors (Lipinski definition) is 6. The Kier molecular flexibility index (Phi) is 7.63. The van der Waals surface area contributed by atoms with Crippen molar-refractivity contribution in [1.29, 1.82) is 0 Å². The number of anilines is 3. The van der Waals surface area contributed by atoms with Crippen LogP contribution in [-0.2, 0) is 8.85 Å². The molecule has 1 aliphatic carbocycles. The lowest BCUT2D eigenvalue weighted by Gasteiger charge is -2.41. The van der Waals surface area contributed by atoms with Gasteiger partial charge >= 0.3 is 0 Å². The molecule has 0 bridgehead atoms. The van der Waals surface area contributed by atoms with Gasteiger partial charge in [-0.05, 0) is 55.2 Å². The first-order chi connectivity index (χ1) is 13.9. The highest BCUT2D eigenvalue weighted by atomic mass is 28.4. The molecular weight excluding hydrogens is 420 g/mol. The maximum Gasteiger partial charge on any atom is 0.192 e. The van der Waals surface area contributed by atoms with Gasteiger partial charge in [-0.1, -0.05) is 41.5 Å². The third kappa shape index (κ3) is 6.24. The summed E-state index contributed by atoms with van der Waals surface area (Å²) in [6.45, 7) is 23.8. The standard InChI is InChI=1S/C23H46N4O2Si2/c1-22(2,3)30(7,8)28-15-16-13-17(27-18-11-12-26-21(25)20(18)24)14-19(16)29-31(9,10)23(4,5)6/h11-12,16-17,19H,13-15,24H2,1-10H3,(H3,25,26,27)/t16-,17+,19-/m0/s1. The second-order valence-electron chi connectivity index (χ2n) is 12.2. The van der Waals surface area contributed by atoms with E-state index in [9.17, 15) is 0 Å². The first kappa shape index (κ1) is 26.2. The summed E-state index contributed by atoms with van der Waals surface area (Å²) in [5.74, 6) is 0.732. The van der Waals surface area contributed by atoms with Crippen molar-refractivity contribution in [1.82, 2.24) is 4.98 Å². The molecule has 1 fully saturated rings. The minimum atomic E-state index is -1.89. The minimum Gasteiger partial charge on any atom is -0.416 e. The summed E-state index contributed by atoms with van der Waals surface area (Å²) in [4.78, 5) is 4.08. The van der Waals surface area contributed by atoms with Gasteiger partial charge in [-0.2, -0.15) is 0 Å². The highest BCUT2D eigenvalue weighted by molar-refractivity contribution is 6.74. The number of pyridine rings is 1. The van der Waals surface area contributed by atoms with E-state index in [0.29, 0.717) is 17.4 Å². The molecule has 178 valence electrons. The van der Waals surface area contributed by atoms with Crippen LogP contribution in [0.3, 0.4) is 0 Å². The maximum absolute atomic E-state index is 6.91. The van der Waals surface area contributed by atoms with Gasteiger partial charge in [0.05, 0.1) is 17.5 Å². The number of nitrogens with one attached hydrogen (secondary N) is 1. The monoisotopic (exact) mass is 466 g/mol. The van der Waals surface area contributed by atoms with Crippen LogP contribution in [0.4, 0.5) is 17.2 Å². The van der Waals surface area contributed by atoms with Crippen LogP contribution in [0.25, 0.3) is 0 Å². The SMILES string of the molecule is CC(C)(C)[Si](C)(C)OC[C@@H]1C[C@@H](Nc2ccnc(N)c2N)C[C@@H]1O[Si](C)(C)C(C)(C)C. The Morgan fingerprint density at radius 3 is 2.13 bits per heavy atom. The average Bonchev–Trinajstić information content (AvgIpc) is 2.96. The Balaban J connectivity index is 2.19. The molecule has 0 aliphatic heterocycles. The van der Waals surface area contributed by atoms with Gasteiger partial charge in [0, 0.05) is 24.8 Å². The van der Waals surface area contributed by atoms with Crippen molar-refractivity contribution >= 4 is 33.8 Å². The topological polar surface area (TPSA) is 95.4 Å². The fourth-order valence-corrected chi connectivity index (χ4v) is 5.91. The van der Waals surface area contributed by atoms with Crippen LogP contribution in [-0.4, -0.2) is 40.4 Å². The minimum absolute atomic E-state index is 0.174. The first-order valence-electron chi connectivity index (χ1n) is 11.5. The van der Waals surface area contributed by atoms with E-state index in [2.05, 4.69) is 78.0 Å². The van der Waals surface area contributed by atoms with E-state index < -0.39 is 16.6 Å². The third-order valence-corrected chi connectivity index (χ3v) is 16.7. The molecule has 0 saturated heterocycles.